The molecule has 0 fully saturated rings. The normalized spacial score (nSPS) is 11.6. The summed E-state index contributed by atoms with van der Waals surface area (Å²) in [5.41, 5.74) is -12.2. The number of nitrogens with zero attached hydrogens (tertiary/aromatic N) is 1. The Morgan fingerprint density at radius 1 is 0.302 bits per heavy atom. The van der Waals surface area contributed by atoms with Gasteiger partial charge >= 0.3 is 0 Å². The van der Waals surface area contributed by atoms with Gasteiger partial charge in [-0.3, -0.25) is 0 Å². The lowest BCUT2D eigenvalue weighted by Gasteiger charge is -2.44. The molecule has 0 aliphatic rings. The number of aromatic nitrogens is 1. The molecule has 0 aliphatic heterocycles. The van der Waals surface area contributed by atoms with Crippen LogP contribution in [-0.4, -0.2) is 6.15 Å². The Morgan fingerprint density at radius 3 is 0.921 bits per heavy atom. The Balaban J connectivity index is 0.000000302. The Hall–Kier alpha value is -6.68. The molecule has 7 aromatic rings. The van der Waals surface area contributed by atoms with Crippen LogP contribution < -0.4 is 26.4 Å². The van der Waals surface area contributed by atoms with E-state index in [-0.39, 0.29) is 5.82 Å². The third kappa shape index (κ3) is 7.06. The second-order valence-corrected chi connectivity index (χ2v) is 13.1. The lowest BCUT2D eigenvalue weighted by molar-refractivity contribution is -0.662. The number of pyridine rings is 1. The predicted octanol–water partition coefficient (Wildman–Crippen LogP) is 9.16. The molecular weight excluding hydrogens is 904 g/mol. The van der Waals surface area contributed by atoms with Crippen molar-refractivity contribution >= 4 is 38.9 Å². The van der Waals surface area contributed by atoms with Crippen LogP contribution in [0.25, 0.3) is 10.9 Å². The van der Waals surface area contributed by atoms with Crippen molar-refractivity contribution < 1.29 is 96.8 Å². The summed E-state index contributed by atoms with van der Waals surface area (Å²) in [6.45, 7) is 0.752. The van der Waals surface area contributed by atoms with Crippen LogP contribution in [0, 0.1) is 122 Å². The van der Waals surface area contributed by atoms with E-state index in [1.54, 1.807) is 6.07 Å². The minimum atomic E-state index is -7.22. The van der Waals surface area contributed by atoms with Gasteiger partial charge in [-0.2, -0.15) is 4.57 Å². The van der Waals surface area contributed by atoms with Crippen LogP contribution in [0.5, 0.6) is 0 Å². The lowest BCUT2D eigenvalue weighted by atomic mass is 9.12. The minimum Gasteiger partial charge on any atom is -0.207 e. The highest BCUT2D eigenvalue weighted by atomic mass is 19.2. The van der Waals surface area contributed by atoms with E-state index in [0.29, 0.717) is 5.39 Å². The van der Waals surface area contributed by atoms with Crippen molar-refractivity contribution in [1.29, 1.82) is 0 Å². The van der Waals surface area contributed by atoms with Gasteiger partial charge in [0, 0.05) is 17.7 Å². The molecule has 0 amide bonds. The molecule has 0 atom stereocenters. The fourth-order valence-electron chi connectivity index (χ4n) is 7.06. The van der Waals surface area contributed by atoms with Crippen LogP contribution in [0.15, 0.2) is 66.9 Å². The summed E-state index contributed by atoms with van der Waals surface area (Å²) in [7, 11) is 0. The molecule has 0 spiro atoms. The van der Waals surface area contributed by atoms with Gasteiger partial charge in [-0.05, 0) is 12.1 Å². The highest BCUT2D eigenvalue weighted by molar-refractivity contribution is 7.20. The molecule has 6 aromatic carbocycles. The van der Waals surface area contributed by atoms with E-state index >= 15 is 35.1 Å². The molecule has 0 unspecified atom stereocenters. The van der Waals surface area contributed by atoms with Crippen LogP contribution in [0.3, 0.4) is 0 Å². The van der Waals surface area contributed by atoms with E-state index in [1.807, 2.05) is 42.6 Å². The monoisotopic (exact) mass is 917 g/mol. The average molecular weight is 917 g/mol. The van der Waals surface area contributed by atoms with Crippen molar-refractivity contribution in [2.75, 3.05) is 0 Å². The van der Waals surface area contributed by atoms with Gasteiger partial charge in [-0.1, -0.05) is 36.4 Å². The zero-order valence-corrected chi connectivity index (χ0v) is 30.0. The molecule has 328 valence electrons. The molecule has 63 heavy (non-hydrogen) atoms. The fraction of sp³-hybridized carbons (Fsp3) is 0.0250. The van der Waals surface area contributed by atoms with E-state index in [2.05, 4.69) is 16.7 Å². The van der Waals surface area contributed by atoms with Crippen molar-refractivity contribution in [3.63, 3.8) is 0 Å². The van der Waals surface area contributed by atoms with E-state index < -0.39 is 144 Å². The maximum atomic E-state index is 15.4. The fourth-order valence-corrected chi connectivity index (χ4v) is 7.06. The van der Waals surface area contributed by atoms with Gasteiger partial charge in [0.15, 0.2) is 82.5 Å². The smallest absolute Gasteiger partial charge is 0.207 e. The summed E-state index contributed by atoms with van der Waals surface area (Å²) in [5, 5.41) is 0.663. The average Bonchev–Trinajstić information content (AvgIpc) is 3.27. The maximum absolute atomic E-state index is 15.4. The number of halogens is 21. The zero-order valence-electron chi connectivity index (χ0n) is 30.0. The highest BCUT2D eigenvalue weighted by Crippen LogP contribution is 2.31. The van der Waals surface area contributed by atoms with E-state index in [4.69, 9.17) is 0 Å². The molecule has 0 saturated carbocycles. The van der Waals surface area contributed by atoms with Crippen LogP contribution in [0.2, 0.25) is 0 Å². The number of fused-ring (bicyclic) bond motifs is 1. The number of hydrogen-bond acceptors (Lipinski definition) is 0. The molecule has 1 nitrogen and oxygen atoms in total. The van der Waals surface area contributed by atoms with Crippen LogP contribution in [0.1, 0.15) is 5.56 Å². The summed E-state index contributed by atoms with van der Waals surface area (Å²) in [5.74, 6) is -71.6. The third-order valence-electron chi connectivity index (χ3n) is 9.77. The van der Waals surface area contributed by atoms with Crippen LogP contribution in [0.4, 0.5) is 92.2 Å². The van der Waals surface area contributed by atoms with Crippen LogP contribution >= 0.6 is 0 Å². The van der Waals surface area contributed by atoms with Gasteiger partial charge in [0.25, 0.3) is 0 Å². The van der Waals surface area contributed by atoms with Crippen molar-refractivity contribution in [1.82, 2.24) is 0 Å². The summed E-state index contributed by atoms with van der Waals surface area (Å²) in [4.78, 5) is 0. The number of benzene rings is 6. The lowest BCUT2D eigenvalue weighted by Crippen LogP contribution is -2.81. The Labute approximate surface area is 336 Å². The van der Waals surface area contributed by atoms with Gasteiger partial charge in [-0.15, -0.1) is 21.9 Å². The van der Waals surface area contributed by atoms with Crippen molar-refractivity contribution in [2.45, 2.75) is 6.54 Å². The SMILES string of the molecule is Fc1c(F)c(F)c([B-](c2c(F)c(F)c(F)c(F)c2F)(c2c(F)c(F)c(F)c(F)c2F)c2c(F)c(F)c(F)c(F)c2F)c(F)c1F.Fc1cccc2c1ccc[n+]2Cc1ccccc1. The molecule has 0 bridgehead atoms. The quantitative estimate of drug-likeness (QED) is 0.0516. The minimum absolute atomic E-state index is 0.171. The largest absolute Gasteiger partial charge is 0.215 e. The van der Waals surface area contributed by atoms with Gasteiger partial charge in [0.05, 0.1) is 5.39 Å². The Kier molecular flexibility index (Phi) is 12.3. The van der Waals surface area contributed by atoms with Gasteiger partial charge < -0.3 is 0 Å². The summed E-state index contributed by atoms with van der Waals surface area (Å²) < 4.78 is 310. The van der Waals surface area contributed by atoms with Crippen molar-refractivity contribution in [3.05, 3.63) is 195 Å². The molecule has 0 saturated heterocycles. The molecule has 1 aromatic heterocycles. The van der Waals surface area contributed by atoms with Crippen molar-refractivity contribution in [3.8, 4) is 0 Å². The number of hydrogen-bond donors (Lipinski definition) is 0. The molecule has 0 aliphatic carbocycles. The van der Waals surface area contributed by atoms with E-state index in [9.17, 15) is 57.1 Å². The maximum Gasteiger partial charge on any atom is 0.215 e. The van der Waals surface area contributed by atoms with Gasteiger partial charge in [-0.25, -0.2) is 92.2 Å². The molecule has 0 N–H and O–H groups in total. The Bertz CT molecular complexity index is 2610. The number of rotatable bonds is 6. The molecule has 1 heterocycles. The topological polar surface area (TPSA) is 3.88 Å². The first kappa shape index (κ1) is 45.8. The van der Waals surface area contributed by atoms with Crippen molar-refractivity contribution in [2.24, 2.45) is 0 Å². The first-order valence-corrected chi connectivity index (χ1v) is 16.9. The van der Waals surface area contributed by atoms with Gasteiger partial charge in [0.2, 0.25) is 5.52 Å². The van der Waals surface area contributed by atoms with Crippen LogP contribution in [-0.2, 0) is 6.54 Å². The summed E-state index contributed by atoms with van der Waals surface area (Å²) in [6.07, 6.45) is -5.24. The predicted molar refractivity (Wildman–Crippen MR) is 179 cm³/mol. The molecule has 7 rings (SSSR count). The summed E-state index contributed by atoms with van der Waals surface area (Å²) >= 11 is 0. The second kappa shape index (κ2) is 16.9. The van der Waals surface area contributed by atoms with E-state index in [1.165, 1.54) is 11.6 Å². The first-order chi connectivity index (χ1) is 29.5. The molecular formula is C40H13BF21N. The highest BCUT2D eigenvalue weighted by Gasteiger charge is 2.52. The molecule has 23 heteroatoms. The Morgan fingerprint density at radius 2 is 0.603 bits per heavy atom. The van der Waals surface area contributed by atoms with E-state index in [0.717, 1.165) is 12.1 Å². The second-order valence-electron chi connectivity index (χ2n) is 13.1. The summed E-state index contributed by atoms with van der Waals surface area (Å²) in [6, 6.07) is 19.1. The molecule has 0 radical (unpaired) electrons. The first-order valence-electron chi connectivity index (χ1n) is 16.9. The third-order valence-corrected chi connectivity index (χ3v) is 9.77. The standard InChI is InChI=1S/C24BF20.C16H13FN/c26-5-1(6(27)14(35)21(42)13(5)34)25(2-7(28)15(36)22(43)16(37)8(2)29,3-9(30)17(38)23(44)18(39)10(3)31)4-11(32)19(40)24(45)20(41)12(4)33;17-15-9-4-10-16-14(15)8-5-11-18(16)12-13-6-2-1-3-7-13/h;1-11H,12H2/q-1;+1. The zero-order chi connectivity index (χ0) is 46.7. The van der Waals surface area contributed by atoms with Gasteiger partial charge in [0.1, 0.15) is 58.5 Å².